The number of nitrogens with two attached hydrogens (primary N) is 3. The summed E-state index contributed by atoms with van der Waals surface area (Å²) in [6.45, 7) is 10.1. The van der Waals surface area contributed by atoms with Crippen molar-refractivity contribution in [3.8, 4) is 0 Å². The Bertz CT molecular complexity index is 5160. The van der Waals surface area contributed by atoms with Crippen LogP contribution in [0.5, 0.6) is 0 Å². The van der Waals surface area contributed by atoms with E-state index in [1.807, 2.05) is 27.7 Å². The first kappa shape index (κ1) is 107. The number of unbranched alkanes of at least 4 members (excludes halogenated alkanes) is 2. The number of hydrogen-bond donors (Lipinski definition) is 19. The van der Waals surface area contributed by atoms with Crippen LogP contribution in [0.2, 0.25) is 0 Å². The molecule has 43 heteroatoms. The number of aliphatic hydroxyl groups is 1. The van der Waals surface area contributed by atoms with Gasteiger partial charge in [0.2, 0.25) is 100 Å². The number of aromatic nitrogens is 4. The van der Waals surface area contributed by atoms with Gasteiger partial charge in [-0.05, 0) is 92.5 Å². The molecule has 2 aliphatic rings. The SMILES string of the molecule is CCCCC1C(=O)N(C)[C@@H](CCCC)C(=O)N[C@@H](CC(C)C)C(=O)N[C@H](C(=O)NCC(N)=O)CSCC(=O)N[C@@H](Cc2ccccc2)C(=O)N(C)[C@@H](C)C(=O)N[C@@H](CC(N)=O)C(=O)N2CCC[C@H]2C(=O)N[C@@H](Cc2cncn2CC(C)C)C(=O)NCC(=O)N[C@@H](CO)C(=O)N[C@@H](Cc2c[nH]c3ccccc23)C(=O)N[C@@H](CCCNC(=N)N)C(=O)N[C@@H](Cc2c[nH]c3ccccc23)C(=O)N1C. The molecule has 22 N–H and O–H groups in total. The third kappa shape index (κ3) is 31.6. The molecule has 1 unspecified atom stereocenters. The number of amides is 17. The first-order valence-electron chi connectivity index (χ1n) is 45.6. The van der Waals surface area contributed by atoms with Gasteiger partial charge in [0.25, 0.3) is 0 Å². The Balaban J connectivity index is 1.19. The van der Waals surface area contributed by atoms with E-state index in [2.05, 4.69) is 78.8 Å². The number of fused-ring (bicyclic) bond motifs is 3. The molecule has 0 saturated carbocycles. The lowest BCUT2D eigenvalue weighted by Crippen LogP contribution is -2.61. The summed E-state index contributed by atoms with van der Waals surface area (Å²) in [5.74, 6) is -17.1. The lowest BCUT2D eigenvalue weighted by atomic mass is 9.99. The predicted octanol–water partition coefficient (Wildman–Crippen LogP) is -1.35. The maximum atomic E-state index is 15.9. The van der Waals surface area contributed by atoms with Crippen LogP contribution in [0, 0.1) is 17.2 Å². The van der Waals surface area contributed by atoms with E-state index in [1.165, 1.54) is 50.4 Å². The first-order valence-corrected chi connectivity index (χ1v) is 46.8. The van der Waals surface area contributed by atoms with E-state index in [0.29, 0.717) is 76.4 Å². The lowest BCUT2D eigenvalue weighted by molar-refractivity contribution is -0.149. The van der Waals surface area contributed by atoms with E-state index in [-0.39, 0.29) is 101 Å². The van der Waals surface area contributed by atoms with Crippen molar-refractivity contribution in [2.24, 2.45) is 29.0 Å². The predicted molar refractivity (Wildman–Crippen MR) is 503 cm³/mol. The minimum absolute atomic E-state index is 0.00155. The monoisotopic (exact) mass is 1890 g/mol. The van der Waals surface area contributed by atoms with Crippen LogP contribution in [-0.4, -0.2) is 295 Å². The standard InChI is InChI=1S/C92H132N24O18S/c1-11-13-31-72-86(129)107-64(36-52(3)4)83(126)111-71(81(124)101-45-76(94)119)49-135-50-78(121)103-67(37-55-24-16-15-17-25-55)88(131)112(8)54(7)79(122)109-69(41-75(93)118)90(133)116-35-23-33-73(116)87(130)108-66(40-58-44-97-51-115(58)47-53(5)6)80(123)102-46-77(120)104-70(48-117)85(128)106-65(38-56-42-99-61-28-20-18-26-59(56)61)84(127)105-63(30-22-34-98-92(95)96)82(125)110-68(39-57-43-100-62-29-21-19-27-60(57)62)89(132)114(10)74(32-14-12-2)91(134)113(72)9/h15-21,24-29,42-44,51-54,63-74,99-100,117H,11-14,22-23,30-41,45-50H2,1-10H3,(H2,93,118)(H2,94,119)(H,101,124)(H,102,123)(H,103,121)(H,104,120)(H,105,127)(H,106,128)(H,107,129)(H,108,130)(H,109,122)(H,110,125)(H,111,126)(H4,95,96,98)/t54-,63-,64-,65-,66-,67-,68-,69-,70-,71-,72-,73-,74?/m0/s1. The molecule has 734 valence electrons. The number of nitrogens with one attached hydrogen (secondary N) is 15. The van der Waals surface area contributed by atoms with Gasteiger partial charge in [-0.3, -0.25) is 86.9 Å². The van der Waals surface area contributed by atoms with E-state index in [0.717, 1.165) is 21.6 Å². The molecule has 13 atom stereocenters. The molecule has 5 heterocycles. The summed E-state index contributed by atoms with van der Waals surface area (Å²) in [5.41, 5.74) is 20.2. The number of benzene rings is 3. The largest absolute Gasteiger partial charge is 0.394 e. The summed E-state index contributed by atoms with van der Waals surface area (Å²) in [5, 5.41) is 51.9. The fourth-order valence-corrected chi connectivity index (χ4v) is 17.1. The number of carbonyl (C=O) groups is 17. The highest BCUT2D eigenvalue weighted by atomic mass is 32.2. The number of imidazole rings is 1. The van der Waals surface area contributed by atoms with E-state index in [9.17, 15) is 62.6 Å². The molecule has 135 heavy (non-hydrogen) atoms. The Labute approximate surface area is 787 Å². The molecule has 3 aromatic heterocycles. The molecule has 0 aliphatic carbocycles. The maximum Gasteiger partial charge on any atom is 0.246 e. The van der Waals surface area contributed by atoms with Crippen molar-refractivity contribution in [3.05, 3.63) is 126 Å². The molecule has 42 nitrogen and oxygen atoms in total. The van der Waals surface area contributed by atoms with Crippen molar-refractivity contribution < 1.29 is 86.6 Å². The van der Waals surface area contributed by atoms with Crippen molar-refractivity contribution in [1.29, 1.82) is 5.41 Å². The van der Waals surface area contributed by atoms with Crippen LogP contribution in [0.1, 0.15) is 148 Å². The quantitative estimate of drug-likeness (QED) is 0.0153. The number of hydrogen-bond acceptors (Lipinski definition) is 21. The molecule has 2 fully saturated rings. The second kappa shape index (κ2) is 52.3. The smallest absolute Gasteiger partial charge is 0.246 e. The summed E-state index contributed by atoms with van der Waals surface area (Å²) >= 11 is 0.828. The topological polar surface area (TPSA) is 619 Å². The summed E-state index contributed by atoms with van der Waals surface area (Å²) in [7, 11) is 4.04. The van der Waals surface area contributed by atoms with Gasteiger partial charge in [-0.2, -0.15) is 0 Å². The molecular weight excluding hydrogens is 1760 g/mol. The van der Waals surface area contributed by atoms with Crippen molar-refractivity contribution in [3.63, 3.8) is 0 Å². The van der Waals surface area contributed by atoms with Crippen LogP contribution >= 0.6 is 11.8 Å². The highest BCUT2D eigenvalue weighted by Gasteiger charge is 2.44. The van der Waals surface area contributed by atoms with Crippen molar-refractivity contribution in [2.75, 3.05) is 65.4 Å². The number of nitrogens with zero attached hydrogens (tertiary/aromatic N) is 6. The van der Waals surface area contributed by atoms with Crippen LogP contribution in [0.15, 0.2) is 104 Å². The van der Waals surface area contributed by atoms with Gasteiger partial charge in [0.05, 0.1) is 38.2 Å². The molecule has 17 amide bonds. The number of guanidine groups is 1. The van der Waals surface area contributed by atoms with E-state index in [4.69, 9.17) is 22.6 Å². The highest BCUT2D eigenvalue weighted by molar-refractivity contribution is 8.00. The summed E-state index contributed by atoms with van der Waals surface area (Å²) in [4.78, 5) is 264. The van der Waals surface area contributed by atoms with Crippen molar-refractivity contribution in [2.45, 2.75) is 236 Å². The zero-order valence-corrected chi connectivity index (χ0v) is 79.0. The third-order valence-corrected chi connectivity index (χ3v) is 24.7. The molecule has 2 aliphatic heterocycles. The molecule has 6 aromatic rings. The average molecular weight is 1890 g/mol. The van der Waals surface area contributed by atoms with Crippen LogP contribution in [0.3, 0.4) is 0 Å². The van der Waals surface area contributed by atoms with E-state index >= 15 is 24.0 Å². The van der Waals surface area contributed by atoms with Gasteiger partial charge in [0.1, 0.15) is 78.5 Å². The third-order valence-electron chi connectivity index (χ3n) is 23.6. The fraction of sp³-hybridized carbons (Fsp3) is 0.533. The summed E-state index contributed by atoms with van der Waals surface area (Å²) < 4.78 is 1.75. The molecule has 0 radical (unpaired) electrons. The van der Waals surface area contributed by atoms with Gasteiger partial charge < -0.3 is 120 Å². The Morgan fingerprint density at radius 2 is 1.08 bits per heavy atom. The van der Waals surface area contributed by atoms with Gasteiger partial charge in [-0.1, -0.05) is 134 Å². The Kier molecular flexibility index (Phi) is 41.4. The molecule has 2 saturated heterocycles. The number of carbonyl (C=O) groups excluding carboxylic acids is 17. The molecule has 0 spiro atoms. The number of aliphatic hydroxyl groups excluding tert-OH is 1. The van der Waals surface area contributed by atoms with Crippen LogP contribution < -0.4 is 81.0 Å². The summed E-state index contributed by atoms with van der Waals surface area (Å²) in [6.07, 6.45) is 6.37. The Hall–Kier alpha value is -13.5. The number of thioether (sulfide) groups is 1. The second-order valence-corrected chi connectivity index (χ2v) is 36.1. The minimum atomic E-state index is -1.85. The number of aromatic amines is 2. The molecular formula is C92H132N24O18S. The van der Waals surface area contributed by atoms with Gasteiger partial charge in [0, 0.05) is 118 Å². The van der Waals surface area contributed by atoms with E-state index < -0.39 is 217 Å². The van der Waals surface area contributed by atoms with Gasteiger partial charge in [-0.25, -0.2) is 4.98 Å². The zero-order chi connectivity index (χ0) is 98.9. The number of likely N-dealkylation sites (N-methyl/N-ethyl adjacent to an activating group) is 3. The second-order valence-electron chi connectivity index (χ2n) is 35.0. The van der Waals surface area contributed by atoms with Crippen LogP contribution in [-0.2, 0) is 114 Å². The van der Waals surface area contributed by atoms with Crippen LogP contribution in [0.4, 0.5) is 0 Å². The van der Waals surface area contributed by atoms with Gasteiger partial charge in [-0.15, -0.1) is 11.8 Å². The first-order chi connectivity index (χ1) is 64.3. The molecule has 0 bridgehead atoms. The van der Waals surface area contributed by atoms with Gasteiger partial charge in [0.15, 0.2) is 5.96 Å². The molecule has 3 aromatic carbocycles. The average Bonchev–Trinajstić information content (AvgIpc) is 1.79. The van der Waals surface area contributed by atoms with Crippen molar-refractivity contribution >= 4 is 140 Å². The Morgan fingerprint density at radius 1 is 0.541 bits per heavy atom. The highest BCUT2D eigenvalue weighted by Crippen LogP contribution is 2.27. The maximum absolute atomic E-state index is 15.9. The number of rotatable bonds is 28. The summed E-state index contributed by atoms with van der Waals surface area (Å²) in [6, 6.07) is 2.96. The normalized spacial score (nSPS) is 23.2. The molecule has 8 rings (SSSR count). The van der Waals surface area contributed by atoms with E-state index in [1.54, 1.807) is 110 Å². The minimum Gasteiger partial charge on any atom is -0.394 e. The number of para-hydroxylation sites is 2. The zero-order valence-electron chi connectivity index (χ0n) is 78.2. The van der Waals surface area contributed by atoms with Crippen LogP contribution in [0.25, 0.3) is 21.8 Å². The number of H-pyrrole nitrogens is 2. The van der Waals surface area contributed by atoms with Crippen molar-refractivity contribution in [1.82, 2.24) is 103 Å². The lowest BCUT2D eigenvalue weighted by Gasteiger charge is -2.36. The Morgan fingerprint density at radius 3 is 1.70 bits per heavy atom. The number of primary amides is 2. The fourth-order valence-electron chi connectivity index (χ4n) is 16.2. The van der Waals surface area contributed by atoms with Gasteiger partial charge >= 0.3 is 0 Å².